The lowest BCUT2D eigenvalue weighted by Crippen LogP contribution is -2.47. The first-order valence-electron chi connectivity index (χ1n) is 8.32. The first-order valence-corrected chi connectivity index (χ1v) is 9.08. The second kappa shape index (κ2) is 8.58. The molecule has 3 rings (SSSR count). The van der Waals surface area contributed by atoms with Crippen LogP contribution in [0.15, 0.2) is 42.5 Å². The quantitative estimate of drug-likeness (QED) is 0.544. The molecule has 0 spiro atoms. The molecular formula is C18H19Cl2N3O3. The zero-order chi connectivity index (χ0) is 18.5. The maximum absolute atomic E-state index is 11.3. The van der Waals surface area contributed by atoms with Crippen molar-refractivity contribution in [3.8, 4) is 5.75 Å². The smallest absolute Gasteiger partial charge is 0.294 e. The van der Waals surface area contributed by atoms with Crippen LogP contribution >= 0.6 is 23.2 Å². The van der Waals surface area contributed by atoms with Gasteiger partial charge in [0, 0.05) is 48.8 Å². The summed E-state index contributed by atoms with van der Waals surface area (Å²) in [6, 6.07) is 12.1. The summed E-state index contributed by atoms with van der Waals surface area (Å²) in [6.45, 7) is 4.49. The van der Waals surface area contributed by atoms with Crippen LogP contribution in [-0.4, -0.2) is 49.2 Å². The van der Waals surface area contributed by atoms with Gasteiger partial charge in [0.25, 0.3) is 5.69 Å². The van der Waals surface area contributed by atoms with Gasteiger partial charge in [0.15, 0.2) is 0 Å². The minimum atomic E-state index is -0.381. The van der Waals surface area contributed by atoms with Crippen molar-refractivity contribution in [2.75, 3.05) is 44.2 Å². The van der Waals surface area contributed by atoms with E-state index in [0.29, 0.717) is 22.3 Å². The van der Waals surface area contributed by atoms with Crippen LogP contribution in [0.3, 0.4) is 0 Å². The molecule has 8 heteroatoms. The summed E-state index contributed by atoms with van der Waals surface area (Å²) >= 11 is 11.7. The van der Waals surface area contributed by atoms with E-state index in [1.807, 2.05) is 17.0 Å². The molecule has 1 heterocycles. The van der Waals surface area contributed by atoms with Crippen molar-refractivity contribution in [2.24, 2.45) is 0 Å². The SMILES string of the molecule is O=[N+]([O-])c1cc(Cl)ccc1N1CCN(CCOc2ccc(Cl)cc2)CC1. The highest BCUT2D eigenvalue weighted by molar-refractivity contribution is 6.31. The van der Waals surface area contributed by atoms with E-state index in [2.05, 4.69) is 4.90 Å². The summed E-state index contributed by atoms with van der Waals surface area (Å²) in [5, 5.41) is 12.3. The molecule has 6 nitrogen and oxygen atoms in total. The zero-order valence-electron chi connectivity index (χ0n) is 14.1. The number of hydrogen-bond donors (Lipinski definition) is 0. The average molecular weight is 396 g/mol. The minimum Gasteiger partial charge on any atom is -0.492 e. The van der Waals surface area contributed by atoms with E-state index in [-0.39, 0.29) is 10.6 Å². The molecule has 2 aromatic rings. The van der Waals surface area contributed by atoms with E-state index in [1.165, 1.54) is 6.07 Å². The van der Waals surface area contributed by atoms with Gasteiger partial charge in [-0.25, -0.2) is 0 Å². The van der Waals surface area contributed by atoms with Crippen LogP contribution in [0.25, 0.3) is 0 Å². The molecule has 1 fully saturated rings. The number of ether oxygens (including phenoxy) is 1. The van der Waals surface area contributed by atoms with Crippen LogP contribution in [0.5, 0.6) is 5.75 Å². The normalized spacial score (nSPS) is 15.1. The van der Waals surface area contributed by atoms with E-state index in [9.17, 15) is 10.1 Å². The molecule has 1 aliphatic heterocycles. The number of hydrogen-bond acceptors (Lipinski definition) is 5. The number of rotatable bonds is 6. The van der Waals surface area contributed by atoms with E-state index >= 15 is 0 Å². The van der Waals surface area contributed by atoms with Crippen molar-refractivity contribution >= 4 is 34.6 Å². The van der Waals surface area contributed by atoms with Gasteiger partial charge in [-0.2, -0.15) is 0 Å². The van der Waals surface area contributed by atoms with Crippen LogP contribution in [0.2, 0.25) is 10.0 Å². The molecule has 0 aliphatic carbocycles. The Balaban J connectivity index is 1.50. The Bertz CT molecular complexity index is 763. The van der Waals surface area contributed by atoms with Gasteiger partial charge in [0.1, 0.15) is 18.0 Å². The summed E-state index contributed by atoms with van der Waals surface area (Å²) in [5.74, 6) is 0.796. The van der Waals surface area contributed by atoms with E-state index in [0.717, 1.165) is 38.5 Å². The fraction of sp³-hybridized carbons (Fsp3) is 0.333. The third-order valence-electron chi connectivity index (χ3n) is 4.34. The van der Waals surface area contributed by atoms with Crippen LogP contribution in [-0.2, 0) is 0 Å². The van der Waals surface area contributed by atoms with Crippen molar-refractivity contribution < 1.29 is 9.66 Å². The summed E-state index contributed by atoms with van der Waals surface area (Å²) in [7, 11) is 0. The van der Waals surface area contributed by atoms with Crippen molar-refractivity contribution in [1.82, 2.24) is 4.90 Å². The van der Waals surface area contributed by atoms with Gasteiger partial charge >= 0.3 is 0 Å². The highest BCUT2D eigenvalue weighted by Gasteiger charge is 2.23. The van der Waals surface area contributed by atoms with Gasteiger partial charge in [-0.05, 0) is 36.4 Å². The molecule has 0 bridgehead atoms. The summed E-state index contributed by atoms with van der Waals surface area (Å²) in [4.78, 5) is 15.2. The van der Waals surface area contributed by atoms with Gasteiger partial charge in [-0.15, -0.1) is 0 Å². The topological polar surface area (TPSA) is 58.9 Å². The molecule has 0 amide bonds. The van der Waals surface area contributed by atoms with Crippen LogP contribution in [0.4, 0.5) is 11.4 Å². The molecule has 0 saturated carbocycles. The summed E-state index contributed by atoms with van der Waals surface area (Å²) in [6.07, 6.45) is 0. The van der Waals surface area contributed by atoms with Gasteiger partial charge in [0.05, 0.1) is 4.92 Å². The zero-order valence-corrected chi connectivity index (χ0v) is 15.6. The van der Waals surface area contributed by atoms with Crippen LogP contribution in [0.1, 0.15) is 0 Å². The Morgan fingerprint density at radius 1 is 1.00 bits per heavy atom. The second-order valence-electron chi connectivity index (χ2n) is 6.02. The van der Waals surface area contributed by atoms with Gasteiger partial charge in [-0.1, -0.05) is 23.2 Å². The number of halogens is 2. The van der Waals surface area contributed by atoms with E-state index in [4.69, 9.17) is 27.9 Å². The number of nitrogens with zero attached hydrogens (tertiary/aromatic N) is 3. The Labute approximate surface area is 162 Å². The molecule has 26 heavy (non-hydrogen) atoms. The lowest BCUT2D eigenvalue weighted by Gasteiger charge is -2.35. The molecular weight excluding hydrogens is 377 g/mol. The largest absolute Gasteiger partial charge is 0.492 e. The fourth-order valence-corrected chi connectivity index (χ4v) is 3.24. The third-order valence-corrected chi connectivity index (χ3v) is 4.82. The monoisotopic (exact) mass is 395 g/mol. The Kier molecular flexibility index (Phi) is 6.19. The van der Waals surface area contributed by atoms with Gasteiger partial charge < -0.3 is 9.64 Å². The number of anilines is 1. The molecule has 0 atom stereocenters. The summed E-state index contributed by atoms with van der Waals surface area (Å²) in [5.41, 5.74) is 0.675. The maximum Gasteiger partial charge on any atom is 0.294 e. The van der Waals surface area contributed by atoms with Crippen molar-refractivity contribution in [3.05, 3.63) is 62.6 Å². The number of nitro groups is 1. The molecule has 0 N–H and O–H groups in total. The predicted molar refractivity (Wildman–Crippen MR) is 104 cm³/mol. The first-order chi connectivity index (χ1) is 12.5. The molecule has 2 aromatic carbocycles. The van der Waals surface area contributed by atoms with Crippen LogP contribution in [0, 0.1) is 10.1 Å². The highest BCUT2D eigenvalue weighted by Crippen LogP contribution is 2.31. The molecule has 0 radical (unpaired) electrons. The molecule has 1 aliphatic rings. The summed E-state index contributed by atoms with van der Waals surface area (Å²) < 4.78 is 5.72. The third kappa shape index (κ3) is 4.78. The van der Waals surface area contributed by atoms with Gasteiger partial charge in [-0.3, -0.25) is 15.0 Å². The highest BCUT2D eigenvalue weighted by atomic mass is 35.5. The number of nitro benzene ring substituents is 1. The Morgan fingerprint density at radius 2 is 1.65 bits per heavy atom. The van der Waals surface area contributed by atoms with Crippen LogP contribution < -0.4 is 9.64 Å². The molecule has 1 saturated heterocycles. The average Bonchev–Trinajstić information content (AvgIpc) is 2.64. The van der Waals surface area contributed by atoms with Crippen molar-refractivity contribution in [1.29, 1.82) is 0 Å². The van der Waals surface area contributed by atoms with Crippen molar-refractivity contribution in [2.45, 2.75) is 0 Å². The van der Waals surface area contributed by atoms with E-state index < -0.39 is 0 Å². The van der Waals surface area contributed by atoms with Crippen molar-refractivity contribution in [3.63, 3.8) is 0 Å². The number of piperazine rings is 1. The Hall–Kier alpha value is -2.02. The lowest BCUT2D eigenvalue weighted by molar-refractivity contribution is -0.384. The molecule has 0 aromatic heterocycles. The number of benzene rings is 2. The Morgan fingerprint density at radius 3 is 2.31 bits per heavy atom. The lowest BCUT2D eigenvalue weighted by atomic mass is 10.2. The fourth-order valence-electron chi connectivity index (χ4n) is 2.95. The molecule has 138 valence electrons. The second-order valence-corrected chi connectivity index (χ2v) is 6.89. The minimum absolute atomic E-state index is 0.0528. The standard InChI is InChI=1S/C18H19Cl2N3O3/c19-14-1-4-16(5-2-14)26-12-11-21-7-9-22(10-8-21)17-6-3-15(20)13-18(17)23(24)25/h1-6,13H,7-12H2. The maximum atomic E-state index is 11.3. The predicted octanol–water partition coefficient (Wildman–Crippen LogP) is 4.10. The van der Waals surface area contributed by atoms with Gasteiger partial charge in [0.2, 0.25) is 0 Å². The van der Waals surface area contributed by atoms with E-state index in [1.54, 1.807) is 24.3 Å². The molecule has 0 unspecified atom stereocenters. The first kappa shape index (κ1) is 18.8.